The molecule has 0 atom stereocenters. The smallest absolute Gasteiger partial charge is 0.312 e. The van der Waals surface area contributed by atoms with Crippen LogP contribution in [0, 0.1) is 0 Å². The Morgan fingerprint density at radius 1 is 1.44 bits per heavy atom. The Morgan fingerprint density at radius 2 is 2.17 bits per heavy atom. The first-order valence-corrected chi connectivity index (χ1v) is 5.38. The third-order valence-electron chi connectivity index (χ3n) is 2.78. The first kappa shape index (κ1) is 12.1. The summed E-state index contributed by atoms with van der Waals surface area (Å²) in [7, 11) is 1.51. The predicted molar refractivity (Wildman–Crippen MR) is 64.4 cm³/mol. The summed E-state index contributed by atoms with van der Waals surface area (Å²) in [5, 5.41) is 11.3. The predicted octanol–water partition coefficient (Wildman–Crippen LogP) is 0.619. The van der Waals surface area contributed by atoms with Gasteiger partial charge in [-0.1, -0.05) is 0 Å². The molecule has 1 aromatic rings. The molecule has 6 heteroatoms. The second kappa shape index (κ2) is 4.48. The van der Waals surface area contributed by atoms with Crippen molar-refractivity contribution in [3.05, 3.63) is 23.8 Å². The summed E-state index contributed by atoms with van der Waals surface area (Å²) in [6.45, 7) is 0. The summed E-state index contributed by atoms with van der Waals surface area (Å²) in [6, 6.07) is 5.09. The van der Waals surface area contributed by atoms with Gasteiger partial charge in [0.2, 0.25) is 11.8 Å². The number of carboxylic acid groups (broad SMARTS) is 1. The molecule has 0 unspecified atom stereocenters. The molecule has 18 heavy (non-hydrogen) atoms. The van der Waals surface area contributed by atoms with Crippen LogP contribution in [-0.4, -0.2) is 29.9 Å². The zero-order chi connectivity index (χ0) is 13.3. The van der Waals surface area contributed by atoms with Gasteiger partial charge in [0.25, 0.3) is 0 Å². The molecule has 0 saturated heterocycles. The van der Waals surface area contributed by atoms with Gasteiger partial charge < -0.3 is 15.3 Å². The highest BCUT2D eigenvalue weighted by atomic mass is 16.4. The van der Waals surface area contributed by atoms with E-state index in [2.05, 4.69) is 5.32 Å². The van der Waals surface area contributed by atoms with E-state index in [1.807, 2.05) is 0 Å². The van der Waals surface area contributed by atoms with Gasteiger partial charge in [-0.3, -0.25) is 14.4 Å². The molecule has 2 amide bonds. The molecule has 2 rings (SSSR count). The lowest BCUT2D eigenvalue weighted by molar-refractivity contribution is -0.140. The highest BCUT2D eigenvalue weighted by Gasteiger charge is 2.20. The third kappa shape index (κ3) is 2.32. The Labute approximate surface area is 103 Å². The van der Waals surface area contributed by atoms with E-state index in [0.717, 1.165) is 11.3 Å². The van der Waals surface area contributed by atoms with Crippen molar-refractivity contribution in [1.29, 1.82) is 0 Å². The summed E-state index contributed by atoms with van der Waals surface area (Å²) in [6.07, 6.45) is -0.269. The maximum absolute atomic E-state index is 11.6. The summed E-state index contributed by atoms with van der Waals surface area (Å²) in [4.78, 5) is 34.5. The van der Waals surface area contributed by atoms with Gasteiger partial charge in [0.05, 0.1) is 6.42 Å². The lowest BCUT2D eigenvalue weighted by Gasteiger charge is -2.17. The van der Waals surface area contributed by atoms with Crippen LogP contribution >= 0.6 is 0 Å². The molecular formula is C12H12N2O4. The molecule has 1 aliphatic heterocycles. The largest absolute Gasteiger partial charge is 0.481 e. The molecular weight excluding hydrogens is 236 g/mol. The molecule has 94 valence electrons. The van der Waals surface area contributed by atoms with Gasteiger partial charge in [-0.05, 0) is 23.8 Å². The number of carboxylic acids is 1. The highest BCUT2D eigenvalue weighted by Crippen LogP contribution is 2.27. The van der Waals surface area contributed by atoms with E-state index in [1.54, 1.807) is 18.2 Å². The summed E-state index contributed by atoms with van der Waals surface area (Å²) >= 11 is 0. The lowest BCUT2D eigenvalue weighted by atomic mass is 10.1. The molecule has 2 N–H and O–H groups in total. The number of anilines is 2. The van der Waals surface area contributed by atoms with Crippen molar-refractivity contribution in [1.82, 2.24) is 0 Å². The standard InChI is InChI=1S/C12H12N2O4/c1-14(11(16)6-12(17)18)8-2-3-9-7(4-8)5-10(15)13-9/h2-4H,5-6H2,1H3,(H,13,15)(H,17,18). The normalized spacial score (nSPS) is 12.8. The Bertz CT molecular complexity index is 539. The SMILES string of the molecule is CN(C(=O)CC(=O)O)c1ccc2c(c1)CC(=O)N2. The van der Waals surface area contributed by atoms with Crippen LogP contribution in [0.4, 0.5) is 11.4 Å². The minimum atomic E-state index is -1.16. The Kier molecular flexibility index (Phi) is 3.01. The number of nitrogens with one attached hydrogen (secondary N) is 1. The Hall–Kier alpha value is -2.37. The van der Waals surface area contributed by atoms with E-state index in [1.165, 1.54) is 11.9 Å². The summed E-state index contributed by atoms with van der Waals surface area (Å²) in [5.41, 5.74) is 2.13. The van der Waals surface area contributed by atoms with Crippen molar-refractivity contribution in [2.75, 3.05) is 17.3 Å². The van der Waals surface area contributed by atoms with Gasteiger partial charge in [0.15, 0.2) is 0 Å². The number of benzene rings is 1. The molecule has 0 bridgehead atoms. The maximum Gasteiger partial charge on any atom is 0.312 e. The van der Waals surface area contributed by atoms with Gasteiger partial charge in [-0.15, -0.1) is 0 Å². The van der Waals surface area contributed by atoms with Crippen LogP contribution in [0.3, 0.4) is 0 Å². The van der Waals surface area contributed by atoms with Crippen LogP contribution < -0.4 is 10.2 Å². The van der Waals surface area contributed by atoms with Gasteiger partial charge in [0, 0.05) is 18.4 Å². The number of hydrogen-bond acceptors (Lipinski definition) is 3. The molecule has 0 radical (unpaired) electrons. The second-order valence-corrected chi connectivity index (χ2v) is 4.09. The average molecular weight is 248 g/mol. The summed E-state index contributed by atoms with van der Waals surface area (Å²) in [5.74, 6) is -1.74. The number of rotatable bonds is 3. The molecule has 0 saturated carbocycles. The van der Waals surface area contributed by atoms with Gasteiger partial charge in [-0.2, -0.15) is 0 Å². The molecule has 1 aromatic carbocycles. The second-order valence-electron chi connectivity index (χ2n) is 4.09. The number of amides is 2. The van der Waals surface area contributed by atoms with Gasteiger partial charge in [0.1, 0.15) is 6.42 Å². The fraction of sp³-hybridized carbons (Fsp3) is 0.250. The minimum absolute atomic E-state index is 0.0818. The van der Waals surface area contributed by atoms with Crippen molar-refractivity contribution in [2.24, 2.45) is 0 Å². The van der Waals surface area contributed by atoms with E-state index in [9.17, 15) is 14.4 Å². The number of carbonyl (C=O) groups excluding carboxylic acids is 2. The number of nitrogens with zero attached hydrogens (tertiary/aromatic N) is 1. The quantitative estimate of drug-likeness (QED) is 0.768. The fourth-order valence-corrected chi connectivity index (χ4v) is 1.82. The molecule has 1 aliphatic rings. The van der Waals surface area contributed by atoms with Crippen LogP contribution in [0.5, 0.6) is 0 Å². The monoisotopic (exact) mass is 248 g/mol. The Morgan fingerprint density at radius 3 is 2.83 bits per heavy atom. The van der Waals surface area contributed by atoms with Crippen molar-refractivity contribution in [3.8, 4) is 0 Å². The van der Waals surface area contributed by atoms with E-state index in [4.69, 9.17) is 5.11 Å². The molecule has 0 fully saturated rings. The molecule has 0 aliphatic carbocycles. The number of carbonyl (C=O) groups is 3. The van der Waals surface area contributed by atoms with Crippen molar-refractivity contribution >= 4 is 29.2 Å². The number of aliphatic carboxylic acids is 1. The lowest BCUT2D eigenvalue weighted by Crippen LogP contribution is -2.28. The van der Waals surface area contributed by atoms with Crippen LogP contribution in [0.1, 0.15) is 12.0 Å². The van der Waals surface area contributed by atoms with Crippen molar-refractivity contribution in [2.45, 2.75) is 12.8 Å². The maximum atomic E-state index is 11.6. The molecule has 1 heterocycles. The van der Waals surface area contributed by atoms with Gasteiger partial charge in [-0.25, -0.2) is 0 Å². The van der Waals surface area contributed by atoms with Crippen LogP contribution in [-0.2, 0) is 20.8 Å². The topological polar surface area (TPSA) is 86.7 Å². The van der Waals surface area contributed by atoms with E-state index >= 15 is 0 Å². The zero-order valence-corrected chi connectivity index (χ0v) is 9.77. The molecule has 0 aromatic heterocycles. The van der Waals surface area contributed by atoms with Crippen molar-refractivity contribution < 1.29 is 19.5 Å². The summed E-state index contributed by atoms with van der Waals surface area (Å²) < 4.78 is 0. The zero-order valence-electron chi connectivity index (χ0n) is 9.77. The van der Waals surface area contributed by atoms with Crippen molar-refractivity contribution in [3.63, 3.8) is 0 Å². The molecule has 0 spiro atoms. The van der Waals surface area contributed by atoms with E-state index in [-0.39, 0.29) is 12.3 Å². The van der Waals surface area contributed by atoms with E-state index < -0.39 is 18.3 Å². The minimum Gasteiger partial charge on any atom is -0.481 e. The number of fused-ring (bicyclic) bond motifs is 1. The molecule has 6 nitrogen and oxygen atoms in total. The third-order valence-corrected chi connectivity index (χ3v) is 2.78. The van der Waals surface area contributed by atoms with Crippen LogP contribution in [0.25, 0.3) is 0 Å². The van der Waals surface area contributed by atoms with E-state index in [0.29, 0.717) is 5.69 Å². The first-order chi connectivity index (χ1) is 8.47. The van der Waals surface area contributed by atoms with Crippen LogP contribution in [0.2, 0.25) is 0 Å². The highest BCUT2D eigenvalue weighted by molar-refractivity contribution is 6.04. The first-order valence-electron chi connectivity index (χ1n) is 5.38. The average Bonchev–Trinajstić information content (AvgIpc) is 2.65. The van der Waals surface area contributed by atoms with Gasteiger partial charge >= 0.3 is 5.97 Å². The fourth-order valence-electron chi connectivity index (χ4n) is 1.82. The Balaban J connectivity index is 2.20. The number of hydrogen-bond donors (Lipinski definition) is 2. The van der Waals surface area contributed by atoms with Crippen LogP contribution in [0.15, 0.2) is 18.2 Å².